The summed E-state index contributed by atoms with van der Waals surface area (Å²) in [6.45, 7) is 2.95. The lowest BCUT2D eigenvalue weighted by molar-refractivity contribution is -0.115. The lowest BCUT2D eigenvalue weighted by atomic mass is 10.2. The number of carbonyl (C=O) groups is 1. The van der Waals surface area contributed by atoms with E-state index in [-0.39, 0.29) is 5.91 Å². The minimum atomic E-state index is 0.000508. The predicted octanol–water partition coefficient (Wildman–Crippen LogP) is 2.56. The molecule has 0 bridgehead atoms. The molecule has 1 saturated carbocycles. The first kappa shape index (κ1) is 13.9. The lowest BCUT2D eigenvalue weighted by Crippen LogP contribution is -2.34. The molecule has 0 saturated heterocycles. The van der Waals surface area contributed by atoms with Crippen LogP contribution in [0.25, 0.3) is 0 Å². The molecule has 0 spiro atoms. The standard InChI is InChI=1S/C15H22N2O2/c1-2-19-14-9-5-8-13(10-14)17-15(18)11-16-12-6-3-4-7-12/h5,8-10,12,16H,2-4,6-7,11H2,1H3,(H,17,18). The van der Waals surface area contributed by atoms with Gasteiger partial charge in [0.1, 0.15) is 5.75 Å². The van der Waals surface area contributed by atoms with Crippen LogP contribution in [-0.2, 0) is 4.79 Å². The third kappa shape index (κ3) is 4.56. The molecule has 1 aromatic carbocycles. The van der Waals surface area contributed by atoms with Crippen LogP contribution in [0.1, 0.15) is 32.6 Å². The van der Waals surface area contributed by atoms with E-state index in [2.05, 4.69) is 10.6 Å². The fraction of sp³-hybridized carbons (Fsp3) is 0.533. The largest absolute Gasteiger partial charge is 0.494 e. The maximum absolute atomic E-state index is 11.8. The molecule has 1 aliphatic carbocycles. The van der Waals surface area contributed by atoms with Crippen LogP contribution < -0.4 is 15.4 Å². The third-order valence-electron chi connectivity index (χ3n) is 3.34. The number of hydrogen-bond acceptors (Lipinski definition) is 3. The molecular weight excluding hydrogens is 240 g/mol. The summed E-state index contributed by atoms with van der Waals surface area (Å²) in [7, 11) is 0. The van der Waals surface area contributed by atoms with Crippen LogP contribution in [0.4, 0.5) is 5.69 Å². The molecule has 2 rings (SSSR count). The molecule has 2 N–H and O–H groups in total. The lowest BCUT2D eigenvalue weighted by Gasteiger charge is -2.12. The first-order valence-corrected chi connectivity index (χ1v) is 7.04. The van der Waals surface area contributed by atoms with Crippen molar-refractivity contribution in [3.05, 3.63) is 24.3 Å². The Morgan fingerprint density at radius 2 is 2.16 bits per heavy atom. The fourth-order valence-corrected chi connectivity index (χ4v) is 2.40. The number of amides is 1. The Balaban J connectivity index is 1.79. The quantitative estimate of drug-likeness (QED) is 0.828. The molecule has 1 fully saturated rings. The van der Waals surface area contributed by atoms with Crippen LogP contribution in [-0.4, -0.2) is 25.1 Å². The van der Waals surface area contributed by atoms with Crippen LogP contribution in [0, 0.1) is 0 Å². The minimum absolute atomic E-state index is 0.000508. The first-order chi connectivity index (χ1) is 9.28. The van der Waals surface area contributed by atoms with E-state index in [1.165, 1.54) is 25.7 Å². The van der Waals surface area contributed by atoms with Gasteiger partial charge in [-0.15, -0.1) is 0 Å². The molecule has 0 radical (unpaired) electrons. The van der Waals surface area contributed by atoms with Gasteiger partial charge in [0.15, 0.2) is 0 Å². The zero-order valence-electron chi connectivity index (χ0n) is 11.4. The van der Waals surface area contributed by atoms with E-state index >= 15 is 0 Å². The summed E-state index contributed by atoms with van der Waals surface area (Å²) in [6, 6.07) is 7.99. The number of hydrogen-bond donors (Lipinski definition) is 2. The zero-order valence-corrected chi connectivity index (χ0v) is 11.4. The Labute approximate surface area is 114 Å². The van der Waals surface area contributed by atoms with Crippen molar-refractivity contribution in [2.75, 3.05) is 18.5 Å². The SMILES string of the molecule is CCOc1cccc(NC(=O)CNC2CCCC2)c1. The Morgan fingerprint density at radius 3 is 2.89 bits per heavy atom. The predicted molar refractivity (Wildman–Crippen MR) is 76.5 cm³/mol. The highest BCUT2D eigenvalue weighted by atomic mass is 16.5. The van der Waals surface area contributed by atoms with E-state index in [1.807, 2.05) is 31.2 Å². The van der Waals surface area contributed by atoms with Crippen molar-refractivity contribution in [1.29, 1.82) is 0 Å². The summed E-state index contributed by atoms with van der Waals surface area (Å²) >= 11 is 0. The Bertz CT molecular complexity index is 414. The van der Waals surface area contributed by atoms with Crippen molar-refractivity contribution >= 4 is 11.6 Å². The normalized spacial score (nSPS) is 15.4. The van der Waals surface area contributed by atoms with Crippen LogP contribution in [0.2, 0.25) is 0 Å². The van der Waals surface area contributed by atoms with E-state index in [0.717, 1.165) is 11.4 Å². The minimum Gasteiger partial charge on any atom is -0.494 e. The maximum Gasteiger partial charge on any atom is 0.238 e. The number of anilines is 1. The summed E-state index contributed by atoms with van der Waals surface area (Å²) in [5, 5.41) is 6.18. The molecule has 0 heterocycles. The van der Waals surface area contributed by atoms with Gasteiger partial charge in [-0.3, -0.25) is 4.79 Å². The summed E-state index contributed by atoms with van der Waals surface area (Å²) < 4.78 is 5.40. The van der Waals surface area contributed by atoms with Crippen molar-refractivity contribution in [1.82, 2.24) is 5.32 Å². The topological polar surface area (TPSA) is 50.4 Å². The Morgan fingerprint density at radius 1 is 1.37 bits per heavy atom. The molecule has 0 atom stereocenters. The summed E-state index contributed by atoms with van der Waals surface area (Å²) in [4.78, 5) is 11.8. The fourth-order valence-electron chi connectivity index (χ4n) is 2.40. The first-order valence-electron chi connectivity index (χ1n) is 7.04. The molecule has 0 unspecified atom stereocenters. The smallest absolute Gasteiger partial charge is 0.238 e. The zero-order chi connectivity index (χ0) is 13.5. The monoisotopic (exact) mass is 262 g/mol. The third-order valence-corrected chi connectivity index (χ3v) is 3.34. The Hall–Kier alpha value is -1.55. The van der Waals surface area contributed by atoms with Gasteiger partial charge in [-0.2, -0.15) is 0 Å². The van der Waals surface area contributed by atoms with Gasteiger partial charge in [-0.1, -0.05) is 18.9 Å². The second-order valence-corrected chi connectivity index (χ2v) is 4.87. The van der Waals surface area contributed by atoms with E-state index < -0.39 is 0 Å². The number of carbonyl (C=O) groups excluding carboxylic acids is 1. The van der Waals surface area contributed by atoms with Crippen LogP contribution in [0.5, 0.6) is 5.75 Å². The van der Waals surface area contributed by atoms with E-state index in [0.29, 0.717) is 19.2 Å². The van der Waals surface area contributed by atoms with Gasteiger partial charge in [0, 0.05) is 17.8 Å². The summed E-state index contributed by atoms with van der Waals surface area (Å²) in [6.07, 6.45) is 4.92. The molecule has 19 heavy (non-hydrogen) atoms. The van der Waals surface area contributed by atoms with E-state index in [9.17, 15) is 4.79 Å². The van der Waals surface area contributed by atoms with Crippen LogP contribution in [0.3, 0.4) is 0 Å². The highest BCUT2D eigenvalue weighted by Crippen LogP contribution is 2.18. The van der Waals surface area contributed by atoms with Gasteiger partial charge in [0.2, 0.25) is 5.91 Å². The molecule has 1 aromatic rings. The molecule has 104 valence electrons. The average Bonchev–Trinajstić information content (AvgIpc) is 2.90. The molecule has 1 amide bonds. The molecule has 4 nitrogen and oxygen atoms in total. The number of nitrogens with one attached hydrogen (secondary N) is 2. The highest BCUT2D eigenvalue weighted by molar-refractivity contribution is 5.92. The second-order valence-electron chi connectivity index (χ2n) is 4.87. The highest BCUT2D eigenvalue weighted by Gasteiger charge is 2.15. The van der Waals surface area contributed by atoms with Gasteiger partial charge in [0.05, 0.1) is 13.2 Å². The number of benzene rings is 1. The Kier molecular flexibility index (Phi) is 5.21. The van der Waals surface area contributed by atoms with Gasteiger partial charge < -0.3 is 15.4 Å². The second kappa shape index (κ2) is 7.14. The van der Waals surface area contributed by atoms with E-state index in [4.69, 9.17) is 4.74 Å². The van der Waals surface area contributed by atoms with Crippen molar-refractivity contribution in [3.63, 3.8) is 0 Å². The summed E-state index contributed by atoms with van der Waals surface area (Å²) in [5.41, 5.74) is 0.782. The van der Waals surface area contributed by atoms with Crippen molar-refractivity contribution < 1.29 is 9.53 Å². The molecule has 1 aliphatic rings. The number of rotatable bonds is 6. The van der Waals surface area contributed by atoms with Gasteiger partial charge in [-0.25, -0.2) is 0 Å². The average molecular weight is 262 g/mol. The molecule has 0 aliphatic heterocycles. The van der Waals surface area contributed by atoms with Crippen LogP contribution in [0.15, 0.2) is 24.3 Å². The van der Waals surface area contributed by atoms with Crippen molar-refractivity contribution in [2.24, 2.45) is 0 Å². The molecule has 0 aromatic heterocycles. The summed E-state index contributed by atoms with van der Waals surface area (Å²) in [5.74, 6) is 0.782. The van der Waals surface area contributed by atoms with Crippen LogP contribution >= 0.6 is 0 Å². The molecule has 4 heteroatoms. The van der Waals surface area contributed by atoms with Gasteiger partial charge >= 0.3 is 0 Å². The maximum atomic E-state index is 11.8. The molecular formula is C15H22N2O2. The van der Waals surface area contributed by atoms with Crippen molar-refractivity contribution in [3.8, 4) is 5.75 Å². The number of ether oxygens (including phenoxy) is 1. The van der Waals surface area contributed by atoms with E-state index in [1.54, 1.807) is 0 Å². The van der Waals surface area contributed by atoms with Crippen molar-refractivity contribution in [2.45, 2.75) is 38.6 Å². The van der Waals surface area contributed by atoms with Gasteiger partial charge in [0.25, 0.3) is 0 Å². The van der Waals surface area contributed by atoms with Gasteiger partial charge in [-0.05, 0) is 31.9 Å².